The zero-order chi connectivity index (χ0) is 20.8. The maximum absolute atomic E-state index is 12.3. The molecular weight excluding hydrogens is 440 g/mol. The minimum Gasteiger partial charge on any atom is -0.485 e. The summed E-state index contributed by atoms with van der Waals surface area (Å²) in [4.78, 5) is 12.3. The predicted octanol–water partition coefficient (Wildman–Crippen LogP) is 7.17. The highest BCUT2D eigenvalue weighted by Crippen LogP contribution is 2.33. The van der Waals surface area contributed by atoms with Crippen LogP contribution in [-0.4, -0.2) is 12.4 Å². The molecule has 4 rings (SSSR count). The maximum atomic E-state index is 12.3. The van der Waals surface area contributed by atoms with Gasteiger partial charge in [0.2, 0.25) is 0 Å². The van der Waals surface area contributed by atoms with E-state index in [4.69, 9.17) is 9.47 Å². The van der Waals surface area contributed by atoms with Crippen LogP contribution in [0, 0.1) is 0 Å². The van der Waals surface area contributed by atoms with E-state index < -0.39 is 0 Å². The largest absolute Gasteiger partial charge is 0.485 e. The highest BCUT2D eigenvalue weighted by atomic mass is 79.9. The number of hydrogen-bond donors (Lipinski definition) is 0. The molecule has 0 N–H and O–H groups in total. The van der Waals surface area contributed by atoms with Crippen molar-refractivity contribution in [1.29, 1.82) is 0 Å². The van der Waals surface area contributed by atoms with Crippen molar-refractivity contribution in [2.45, 2.75) is 0 Å². The van der Waals surface area contributed by atoms with Gasteiger partial charge < -0.3 is 9.47 Å². The van der Waals surface area contributed by atoms with Crippen LogP contribution in [0.2, 0.25) is 0 Å². The lowest BCUT2D eigenvalue weighted by Crippen LogP contribution is -2.11. The Morgan fingerprint density at radius 3 is 2.10 bits per heavy atom. The van der Waals surface area contributed by atoms with Gasteiger partial charge in [-0.3, -0.25) is 4.79 Å². The van der Waals surface area contributed by atoms with Crippen LogP contribution in [0.5, 0.6) is 17.2 Å². The summed E-state index contributed by atoms with van der Waals surface area (Å²) < 4.78 is 12.7. The van der Waals surface area contributed by atoms with Gasteiger partial charge in [0.15, 0.2) is 12.4 Å². The van der Waals surface area contributed by atoms with Crippen molar-refractivity contribution < 1.29 is 14.3 Å². The molecule has 4 aromatic rings. The number of ketones is 1. The zero-order valence-electron chi connectivity index (χ0n) is 16.1. The van der Waals surface area contributed by atoms with Crippen LogP contribution in [0.1, 0.15) is 10.4 Å². The molecule has 0 amide bonds. The summed E-state index contributed by atoms with van der Waals surface area (Å²) in [6.45, 7) is -0.00527. The minimum atomic E-state index is -0.0619. The third-order valence-electron chi connectivity index (χ3n) is 4.56. The second-order valence-corrected chi connectivity index (χ2v) is 7.57. The molecule has 0 saturated carbocycles. The second-order valence-electron chi connectivity index (χ2n) is 6.65. The standard InChI is InChI=1S/C26H19BrO3/c27-21-14-10-20(11-15-21)25(28)18-29-22-16-12-19(13-17-22)24-8-4-5-9-26(24)30-23-6-2-1-3-7-23/h1-17H,18H2. The first kappa shape index (κ1) is 19.9. The normalized spacial score (nSPS) is 10.4. The Hall–Kier alpha value is -3.37. The lowest BCUT2D eigenvalue weighted by atomic mass is 10.0. The number of carbonyl (C=O) groups is 1. The lowest BCUT2D eigenvalue weighted by molar-refractivity contribution is 0.0921. The van der Waals surface area contributed by atoms with E-state index in [-0.39, 0.29) is 12.4 Å². The molecular formula is C26H19BrO3. The van der Waals surface area contributed by atoms with E-state index in [2.05, 4.69) is 15.9 Å². The Labute approximate surface area is 184 Å². The van der Waals surface area contributed by atoms with Crippen LogP contribution < -0.4 is 9.47 Å². The number of hydrogen-bond acceptors (Lipinski definition) is 3. The fourth-order valence-electron chi connectivity index (χ4n) is 3.01. The van der Waals surface area contributed by atoms with Gasteiger partial charge in [0.1, 0.15) is 17.2 Å². The zero-order valence-corrected chi connectivity index (χ0v) is 17.7. The lowest BCUT2D eigenvalue weighted by Gasteiger charge is -2.12. The highest BCUT2D eigenvalue weighted by Gasteiger charge is 2.09. The molecule has 0 aliphatic heterocycles. The number of Topliss-reactive ketones (excluding diaryl/α,β-unsaturated/α-hetero) is 1. The number of para-hydroxylation sites is 2. The van der Waals surface area contributed by atoms with Crippen molar-refractivity contribution in [2.24, 2.45) is 0 Å². The molecule has 30 heavy (non-hydrogen) atoms. The number of carbonyl (C=O) groups excluding carboxylic acids is 1. The van der Waals surface area contributed by atoms with E-state index in [1.165, 1.54) is 0 Å². The van der Waals surface area contributed by atoms with Gasteiger partial charge in [-0.15, -0.1) is 0 Å². The van der Waals surface area contributed by atoms with Gasteiger partial charge in [0.05, 0.1) is 0 Å². The Morgan fingerprint density at radius 1 is 0.700 bits per heavy atom. The second kappa shape index (κ2) is 9.42. The van der Waals surface area contributed by atoms with Crippen molar-refractivity contribution in [3.63, 3.8) is 0 Å². The van der Waals surface area contributed by atoms with E-state index in [0.717, 1.165) is 27.1 Å². The molecule has 4 heteroatoms. The fraction of sp³-hybridized carbons (Fsp3) is 0.0385. The van der Waals surface area contributed by atoms with Crippen molar-refractivity contribution >= 4 is 21.7 Å². The Morgan fingerprint density at radius 2 is 1.37 bits per heavy atom. The molecule has 0 atom stereocenters. The minimum absolute atomic E-state index is 0.00527. The molecule has 0 unspecified atom stereocenters. The molecule has 0 aliphatic rings. The van der Waals surface area contributed by atoms with Crippen molar-refractivity contribution in [2.75, 3.05) is 6.61 Å². The van der Waals surface area contributed by atoms with Crippen LogP contribution in [0.15, 0.2) is 108 Å². The van der Waals surface area contributed by atoms with Gasteiger partial charge in [-0.05, 0) is 48.0 Å². The third kappa shape index (κ3) is 4.97. The van der Waals surface area contributed by atoms with Crippen LogP contribution >= 0.6 is 15.9 Å². The van der Waals surface area contributed by atoms with Crippen molar-refractivity contribution in [1.82, 2.24) is 0 Å². The smallest absolute Gasteiger partial charge is 0.200 e. The third-order valence-corrected chi connectivity index (χ3v) is 5.09. The van der Waals surface area contributed by atoms with Gasteiger partial charge >= 0.3 is 0 Å². The van der Waals surface area contributed by atoms with Crippen LogP contribution in [0.3, 0.4) is 0 Å². The van der Waals surface area contributed by atoms with Crippen LogP contribution in [0.25, 0.3) is 11.1 Å². The highest BCUT2D eigenvalue weighted by molar-refractivity contribution is 9.10. The van der Waals surface area contributed by atoms with Gasteiger partial charge in [-0.25, -0.2) is 0 Å². The molecule has 0 fully saturated rings. The monoisotopic (exact) mass is 458 g/mol. The van der Waals surface area contributed by atoms with E-state index in [1.54, 1.807) is 12.1 Å². The Kier molecular flexibility index (Phi) is 6.26. The number of benzene rings is 4. The first-order valence-corrected chi connectivity index (χ1v) is 10.3. The number of rotatable bonds is 7. The van der Waals surface area contributed by atoms with Gasteiger partial charge in [0, 0.05) is 15.6 Å². The SMILES string of the molecule is O=C(COc1ccc(-c2ccccc2Oc2ccccc2)cc1)c1ccc(Br)cc1. The molecule has 0 saturated heterocycles. The summed E-state index contributed by atoms with van der Waals surface area (Å²) in [6.07, 6.45) is 0. The molecule has 0 heterocycles. The summed E-state index contributed by atoms with van der Waals surface area (Å²) in [7, 11) is 0. The van der Waals surface area contributed by atoms with Crippen LogP contribution in [0.4, 0.5) is 0 Å². The molecule has 0 spiro atoms. The van der Waals surface area contributed by atoms with E-state index in [9.17, 15) is 4.79 Å². The average molecular weight is 459 g/mol. The molecule has 0 bridgehead atoms. The average Bonchev–Trinajstić information content (AvgIpc) is 2.79. The predicted molar refractivity (Wildman–Crippen MR) is 122 cm³/mol. The topological polar surface area (TPSA) is 35.5 Å². The molecule has 0 aliphatic carbocycles. The molecule has 4 aromatic carbocycles. The van der Waals surface area contributed by atoms with E-state index >= 15 is 0 Å². The summed E-state index contributed by atoms with van der Waals surface area (Å²) in [5.74, 6) is 2.15. The number of ether oxygens (including phenoxy) is 2. The summed E-state index contributed by atoms with van der Waals surface area (Å²) >= 11 is 3.37. The van der Waals surface area contributed by atoms with Crippen LogP contribution in [-0.2, 0) is 0 Å². The van der Waals surface area contributed by atoms with Gasteiger partial charge in [0.25, 0.3) is 0 Å². The Balaban J connectivity index is 1.45. The van der Waals surface area contributed by atoms with Gasteiger partial charge in [-0.2, -0.15) is 0 Å². The summed E-state index contributed by atoms with van der Waals surface area (Å²) in [5, 5.41) is 0. The first-order chi connectivity index (χ1) is 14.7. The molecule has 0 aromatic heterocycles. The Bertz CT molecular complexity index is 1120. The molecule has 148 valence electrons. The first-order valence-electron chi connectivity index (χ1n) is 9.53. The fourth-order valence-corrected chi connectivity index (χ4v) is 3.27. The summed E-state index contributed by atoms with van der Waals surface area (Å²) in [5.41, 5.74) is 2.62. The van der Waals surface area contributed by atoms with Gasteiger partial charge in [-0.1, -0.05) is 76.6 Å². The van der Waals surface area contributed by atoms with E-state index in [1.807, 2.05) is 91.0 Å². The van der Waals surface area contributed by atoms with E-state index in [0.29, 0.717) is 11.3 Å². The van der Waals surface area contributed by atoms with Crippen molar-refractivity contribution in [3.05, 3.63) is 113 Å². The number of halogens is 1. The van der Waals surface area contributed by atoms with Crippen molar-refractivity contribution in [3.8, 4) is 28.4 Å². The maximum Gasteiger partial charge on any atom is 0.200 e. The quantitative estimate of drug-likeness (QED) is 0.275. The molecule has 0 radical (unpaired) electrons. The molecule has 3 nitrogen and oxygen atoms in total. The summed E-state index contributed by atoms with van der Waals surface area (Å²) in [6, 6.07) is 32.5.